The number of amides is 2. The van der Waals surface area contributed by atoms with Gasteiger partial charge in [0.15, 0.2) is 5.69 Å². The normalized spacial score (nSPS) is 13.9. The summed E-state index contributed by atoms with van der Waals surface area (Å²) in [6.07, 6.45) is 7.17. The van der Waals surface area contributed by atoms with Gasteiger partial charge in [-0.3, -0.25) is 19.0 Å². The number of imidazole rings is 1. The molecule has 0 radical (unpaired) electrons. The van der Waals surface area contributed by atoms with Crippen LogP contribution in [0, 0.1) is 0 Å². The van der Waals surface area contributed by atoms with Gasteiger partial charge >= 0.3 is 0 Å². The molecule has 1 aliphatic heterocycles. The van der Waals surface area contributed by atoms with Gasteiger partial charge in [-0.05, 0) is 36.6 Å². The Hall–Kier alpha value is -3.22. The van der Waals surface area contributed by atoms with Crippen molar-refractivity contribution >= 4 is 17.3 Å². The first-order chi connectivity index (χ1) is 12.7. The lowest BCUT2D eigenvalue weighted by atomic mass is 10.2. The van der Waals surface area contributed by atoms with Crippen molar-refractivity contribution in [1.82, 2.24) is 24.6 Å². The van der Waals surface area contributed by atoms with E-state index >= 15 is 0 Å². The zero-order chi connectivity index (χ0) is 17.9. The molecule has 2 amide bonds. The molecule has 4 rings (SSSR count). The van der Waals surface area contributed by atoms with E-state index in [0.717, 1.165) is 31.5 Å². The van der Waals surface area contributed by atoms with Gasteiger partial charge in [-0.2, -0.15) is 0 Å². The molecule has 4 heterocycles. The zero-order valence-electron chi connectivity index (χ0n) is 14.3. The van der Waals surface area contributed by atoms with Crippen molar-refractivity contribution in [2.24, 2.45) is 0 Å². The lowest BCUT2D eigenvalue weighted by molar-refractivity contribution is 0.0780. The van der Waals surface area contributed by atoms with Crippen LogP contribution in [0.4, 0.5) is 0 Å². The number of hydrogen-bond donors (Lipinski definition) is 1. The van der Waals surface area contributed by atoms with Crippen LogP contribution in [0.2, 0.25) is 0 Å². The summed E-state index contributed by atoms with van der Waals surface area (Å²) in [5.74, 6) is -0.151. The van der Waals surface area contributed by atoms with Crippen LogP contribution in [-0.4, -0.2) is 44.2 Å². The van der Waals surface area contributed by atoms with Gasteiger partial charge in [-0.25, -0.2) is 4.98 Å². The van der Waals surface area contributed by atoms with Gasteiger partial charge in [0.25, 0.3) is 11.8 Å². The van der Waals surface area contributed by atoms with Crippen LogP contribution in [0.5, 0.6) is 0 Å². The number of nitrogens with zero attached hydrogens (tertiary/aromatic N) is 4. The third-order valence-electron chi connectivity index (χ3n) is 4.52. The number of aromatic nitrogens is 3. The van der Waals surface area contributed by atoms with Crippen LogP contribution in [0.15, 0.2) is 48.9 Å². The highest BCUT2D eigenvalue weighted by Gasteiger charge is 2.26. The Morgan fingerprint density at radius 1 is 1.12 bits per heavy atom. The average Bonchev–Trinajstić information content (AvgIpc) is 3.35. The van der Waals surface area contributed by atoms with Gasteiger partial charge in [0.2, 0.25) is 5.82 Å². The minimum absolute atomic E-state index is 0.130. The zero-order valence-corrected chi connectivity index (χ0v) is 14.3. The minimum Gasteiger partial charge on any atom is -0.346 e. The molecular weight excluding hydrogens is 330 g/mol. The fourth-order valence-electron chi connectivity index (χ4n) is 3.19. The SMILES string of the molecule is O=C(NCc1cccnc1)c1nc(C(=O)N2CCCC2)n2ccccc12. The Labute approximate surface area is 150 Å². The van der Waals surface area contributed by atoms with E-state index in [4.69, 9.17) is 0 Å². The summed E-state index contributed by atoms with van der Waals surface area (Å²) in [5.41, 5.74) is 1.79. The first kappa shape index (κ1) is 16.3. The third-order valence-corrected chi connectivity index (χ3v) is 4.52. The van der Waals surface area contributed by atoms with E-state index in [-0.39, 0.29) is 23.3 Å². The van der Waals surface area contributed by atoms with E-state index in [2.05, 4.69) is 15.3 Å². The second-order valence-electron chi connectivity index (χ2n) is 6.28. The average molecular weight is 349 g/mol. The second kappa shape index (κ2) is 6.95. The molecule has 0 atom stereocenters. The number of hydrogen-bond acceptors (Lipinski definition) is 4. The van der Waals surface area contributed by atoms with Crippen LogP contribution in [0.3, 0.4) is 0 Å². The molecule has 1 saturated heterocycles. The molecule has 3 aromatic rings. The Balaban J connectivity index is 1.62. The van der Waals surface area contributed by atoms with Crippen LogP contribution < -0.4 is 5.32 Å². The molecule has 0 bridgehead atoms. The van der Waals surface area contributed by atoms with Crippen molar-refractivity contribution in [3.05, 3.63) is 66.0 Å². The highest BCUT2D eigenvalue weighted by Crippen LogP contribution is 2.17. The van der Waals surface area contributed by atoms with Crippen LogP contribution in [0.1, 0.15) is 39.5 Å². The largest absolute Gasteiger partial charge is 0.346 e. The summed E-state index contributed by atoms with van der Waals surface area (Å²) >= 11 is 0. The monoisotopic (exact) mass is 349 g/mol. The minimum atomic E-state index is -0.307. The predicted molar refractivity (Wildman–Crippen MR) is 95.7 cm³/mol. The van der Waals surface area contributed by atoms with Crippen molar-refractivity contribution in [2.45, 2.75) is 19.4 Å². The lowest BCUT2D eigenvalue weighted by Gasteiger charge is -2.13. The van der Waals surface area contributed by atoms with Crippen molar-refractivity contribution in [3.8, 4) is 0 Å². The van der Waals surface area contributed by atoms with E-state index in [1.807, 2.05) is 24.3 Å². The summed E-state index contributed by atoms with van der Waals surface area (Å²) in [4.78, 5) is 35.7. The van der Waals surface area contributed by atoms with E-state index in [1.54, 1.807) is 34.0 Å². The highest BCUT2D eigenvalue weighted by atomic mass is 16.2. The summed E-state index contributed by atoms with van der Waals surface area (Å²) < 4.78 is 1.69. The maximum atomic E-state index is 12.8. The molecule has 0 aliphatic carbocycles. The molecule has 1 fully saturated rings. The molecule has 0 unspecified atom stereocenters. The molecule has 3 aromatic heterocycles. The van der Waals surface area contributed by atoms with Crippen molar-refractivity contribution in [1.29, 1.82) is 0 Å². The number of carbonyl (C=O) groups is 2. The summed E-state index contributed by atoms with van der Waals surface area (Å²) in [7, 11) is 0. The smallest absolute Gasteiger partial charge is 0.290 e. The van der Waals surface area contributed by atoms with Gasteiger partial charge in [0, 0.05) is 38.2 Å². The van der Waals surface area contributed by atoms with E-state index in [0.29, 0.717) is 12.1 Å². The number of rotatable bonds is 4. The Morgan fingerprint density at radius 3 is 2.73 bits per heavy atom. The molecule has 7 heteroatoms. The second-order valence-corrected chi connectivity index (χ2v) is 6.28. The van der Waals surface area contributed by atoms with Crippen LogP contribution in [0.25, 0.3) is 5.52 Å². The molecule has 0 saturated carbocycles. The van der Waals surface area contributed by atoms with Crippen molar-refractivity contribution in [2.75, 3.05) is 13.1 Å². The van der Waals surface area contributed by atoms with Crippen LogP contribution in [-0.2, 0) is 6.54 Å². The Morgan fingerprint density at radius 2 is 1.96 bits per heavy atom. The summed E-state index contributed by atoms with van der Waals surface area (Å²) in [6, 6.07) is 9.17. The maximum Gasteiger partial charge on any atom is 0.290 e. The number of nitrogens with one attached hydrogen (secondary N) is 1. The topological polar surface area (TPSA) is 79.6 Å². The number of likely N-dealkylation sites (tertiary alicyclic amines) is 1. The number of carbonyl (C=O) groups excluding carboxylic acids is 2. The quantitative estimate of drug-likeness (QED) is 0.780. The van der Waals surface area contributed by atoms with Crippen molar-refractivity contribution in [3.63, 3.8) is 0 Å². The molecule has 7 nitrogen and oxygen atoms in total. The number of fused-ring (bicyclic) bond motifs is 1. The fraction of sp³-hybridized carbons (Fsp3) is 0.263. The maximum absolute atomic E-state index is 12.8. The Bertz CT molecular complexity index is 945. The summed E-state index contributed by atoms with van der Waals surface area (Å²) in [5, 5.41) is 2.85. The van der Waals surface area contributed by atoms with E-state index in [1.165, 1.54) is 0 Å². The molecule has 26 heavy (non-hydrogen) atoms. The van der Waals surface area contributed by atoms with E-state index < -0.39 is 0 Å². The van der Waals surface area contributed by atoms with Gasteiger partial charge in [0.1, 0.15) is 0 Å². The van der Waals surface area contributed by atoms with Gasteiger partial charge in [-0.1, -0.05) is 12.1 Å². The van der Waals surface area contributed by atoms with Gasteiger partial charge in [-0.15, -0.1) is 0 Å². The van der Waals surface area contributed by atoms with E-state index in [9.17, 15) is 9.59 Å². The third kappa shape index (κ3) is 3.03. The summed E-state index contributed by atoms with van der Waals surface area (Å²) in [6.45, 7) is 1.83. The first-order valence-electron chi connectivity index (χ1n) is 8.67. The molecular formula is C19H19N5O2. The standard InChI is InChI=1S/C19H19N5O2/c25-18(21-13-14-6-5-8-20-12-14)16-15-7-1-2-11-24(15)17(22-16)19(26)23-9-3-4-10-23/h1-2,5-8,11-12H,3-4,9-10,13H2,(H,21,25). The molecule has 0 aromatic carbocycles. The van der Waals surface area contributed by atoms with Gasteiger partial charge < -0.3 is 10.2 Å². The predicted octanol–water partition coefficient (Wildman–Crippen LogP) is 1.90. The lowest BCUT2D eigenvalue weighted by Crippen LogP contribution is -2.29. The Kier molecular flexibility index (Phi) is 4.35. The molecule has 0 spiro atoms. The highest BCUT2D eigenvalue weighted by molar-refractivity contribution is 6.02. The fourth-order valence-corrected chi connectivity index (χ4v) is 3.19. The van der Waals surface area contributed by atoms with Gasteiger partial charge in [0.05, 0.1) is 5.52 Å². The van der Waals surface area contributed by atoms with Crippen molar-refractivity contribution < 1.29 is 9.59 Å². The van der Waals surface area contributed by atoms with Crippen LogP contribution >= 0.6 is 0 Å². The number of pyridine rings is 2. The molecule has 132 valence electrons. The first-order valence-corrected chi connectivity index (χ1v) is 8.67. The molecule has 1 aliphatic rings. The molecule has 1 N–H and O–H groups in total.